The van der Waals surface area contributed by atoms with E-state index in [1.807, 2.05) is 0 Å². The number of likely N-dealkylation sites (tertiary alicyclic amines) is 1. The summed E-state index contributed by atoms with van der Waals surface area (Å²) in [6, 6.07) is 0. The molecule has 13 heavy (non-hydrogen) atoms. The van der Waals surface area contributed by atoms with Crippen molar-refractivity contribution < 1.29 is 0 Å². The van der Waals surface area contributed by atoms with Gasteiger partial charge in [-0.1, -0.05) is 27.2 Å². The van der Waals surface area contributed by atoms with Crippen LogP contribution < -0.4 is 0 Å². The van der Waals surface area contributed by atoms with E-state index in [0.717, 1.165) is 5.92 Å². The van der Waals surface area contributed by atoms with E-state index in [9.17, 15) is 0 Å². The van der Waals surface area contributed by atoms with Crippen LogP contribution >= 0.6 is 0 Å². The molecular weight excluding hydrogens is 158 g/mol. The van der Waals surface area contributed by atoms with Gasteiger partial charge >= 0.3 is 0 Å². The van der Waals surface area contributed by atoms with Gasteiger partial charge in [0, 0.05) is 12.1 Å². The molecule has 0 radical (unpaired) electrons. The van der Waals surface area contributed by atoms with E-state index in [1.54, 1.807) is 0 Å². The molecule has 1 saturated heterocycles. The molecule has 0 saturated carbocycles. The van der Waals surface area contributed by atoms with E-state index in [1.165, 1.54) is 38.6 Å². The van der Waals surface area contributed by atoms with Gasteiger partial charge in [0.25, 0.3) is 0 Å². The summed E-state index contributed by atoms with van der Waals surface area (Å²) >= 11 is 0. The molecule has 0 aromatic heterocycles. The van der Waals surface area contributed by atoms with Gasteiger partial charge in [0.2, 0.25) is 0 Å². The predicted octanol–water partition coefficient (Wildman–Crippen LogP) is 3.30. The summed E-state index contributed by atoms with van der Waals surface area (Å²) in [5.74, 6) is 0.893. The molecule has 0 spiro atoms. The zero-order chi connectivity index (χ0) is 9.90. The Morgan fingerprint density at radius 1 is 1.31 bits per heavy atom. The van der Waals surface area contributed by atoms with Crippen molar-refractivity contribution in [1.29, 1.82) is 0 Å². The number of hydrogen-bond acceptors (Lipinski definition) is 1. The predicted molar refractivity (Wildman–Crippen MR) is 59.0 cm³/mol. The Morgan fingerprint density at radius 3 is 2.46 bits per heavy atom. The lowest BCUT2D eigenvalue weighted by Crippen LogP contribution is -2.45. The molecule has 0 aromatic carbocycles. The van der Waals surface area contributed by atoms with Crippen LogP contribution in [0.25, 0.3) is 0 Å². The summed E-state index contributed by atoms with van der Waals surface area (Å²) in [5.41, 5.74) is 0.519. The molecule has 0 aromatic rings. The second kappa shape index (κ2) is 4.45. The van der Waals surface area contributed by atoms with Gasteiger partial charge in [-0.3, -0.25) is 0 Å². The largest absolute Gasteiger partial charge is 0.300 e. The van der Waals surface area contributed by atoms with Crippen molar-refractivity contribution in [3.05, 3.63) is 0 Å². The van der Waals surface area contributed by atoms with Gasteiger partial charge in [-0.25, -0.2) is 0 Å². The van der Waals surface area contributed by atoms with Crippen LogP contribution in [-0.2, 0) is 0 Å². The maximum atomic E-state index is 2.62. The second-order valence-corrected chi connectivity index (χ2v) is 4.81. The third kappa shape index (κ3) is 2.25. The zero-order valence-electron chi connectivity index (χ0n) is 9.77. The normalized spacial score (nSPS) is 30.0. The van der Waals surface area contributed by atoms with Crippen LogP contribution in [0.4, 0.5) is 0 Å². The van der Waals surface area contributed by atoms with Crippen LogP contribution in [0, 0.1) is 5.92 Å². The first-order valence-corrected chi connectivity index (χ1v) is 5.86. The second-order valence-electron chi connectivity index (χ2n) is 4.81. The first-order valence-electron chi connectivity index (χ1n) is 5.86. The highest BCUT2D eigenvalue weighted by Gasteiger charge is 2.33. The van der Waals surface area contributed by atoms with Crippen molar-refractivity contribution in [2.75, 3.05) is 13.6 Å². The molecule has 1 aliphatic heterocycles. The van der Waals surface area contributed by atoms with Gasteiger partial charge in [0.15, 0.2) is 0 Å². The van der Waals surface area contributed by atoms with Crippen LogP contribution in [0.15, 0.2) is 0 Å². The molecule has 0 amide bonds. The lowest BCUT2D eigenvalue weighted by atomic mass is 9.87. The molecule has 78 valence electrons. The smallest absolute Gasteiger partial charge is 0.0201 e. The summed E-state index contributed by atoms with van der Waals surface area (Å²) in [5, 5.41) is 0. The molecule has 1 heterocycles. The summed E-state index contributed by atoms with van der Waals surface area (Å²) in [6.45, 7) is 8.37. The van der Waals surface area contributed by atoms with Gasteiger partial charge in [0.1, 0.15) is 0 Å². The number of rotatable bonds is 2. The Kier molecular flexibility index (Phi) is 3.78. The minimum atomic E-state index is 0.519. The van der Waals surface area contributed by atoms with Crippen molar-refractivity contribution >= 4 is 0 Å². The topological polar surface area (TPSA) is 3.24 Å². The minimum absolute atomic E-state index is 0.519. The third-order valence-electron chi connectivity index (χ3n) is 4.05. The number of hydrogen-bond donors (Lipinski definition) is 0. The van der Waals surface area contributed by atoms with E-state index >= 15 is 0 Å². The Labute approximate surface area is 83.5 Å². The van der Waals surface area contributed by atoms with Crippen molar-refractivity contribution in [2.24, 2.45) is 5.92 Å². The Hall–Kier alpha value is -0.0400. The lowest BCUT2D eigenvalue weighted by molar-refractivity contribution is 0.101. The first kappa shape index (κ1) is 11.0. The van der Waals surface area contributed by atoms with Crippen LogP contribution in [0.1, 0.15) is 52.9 Å². The fraction of sp³-hybridized carbons (Fsp3) is 1.00. The van der Waals surface area contributed by atoms with E-state index < -0.39 is 0 Å². The summed E-state index contributed by atoms with van der Waals surface area (Å²) < 4.78 is 0. The highest BCUT2D eigenvalue weighted by Crippen LogP contribution is 2.33. The van der Waals surface area contributed by atoms with Crippen molar-refractivity contribution in [3.8, 4) is 0 Å². The third-order valence-corrected chi connectivity index (χ3v) is 4.05. The zero-order valence-corrected chi connectivity index (χ0v) is 9.77. The van der Waals surface area contributed by atoms with Crippen molar-refractivity contribution in [3.63, 3.8) is 0 Å². The molecule has 0 bridgehead atoms. The van der Waals surface area contributed by atoms with Crippen LogP contribution in [0.5, 0.6) is 0 Å². The van der Waals surface area contributed by atoms with Gasteiger partial charge in [-0.2, -0.15) is 0 Å². The summed E-state index contributed by atoms with van der Waals surface area (Å²) in [6.07, 6.45) is 6.87. The van der Waals surface area contributed by atoms with E-state index in [-0.39, 0.29) is 0 Å². The van der Waals surface area contributed by atoms with Crippen LogP contribution in [0.3, 0.4) is 0 Å². The molecule has 1 aliphatic rings. The summed E-state index contributed by atoms with van der Waals surface area (Å²) in [7, 11) is 2.31. The fourth-order valence-corrected chi connectivity index (χ4v) is 2.87. The molecule has 1 fully saturated rings. The molecule has 1 heteroatoms. The first-order chi connectivity index (χ1) is 6.14. The van der Waals surface area contributed by atoms with E-state index in [2.05, 4.69) is 32.7 Å². The molecule has 0 aliphatic carbocycles. The Bertz CT molecular complexity index is 149. The highest BCUT2D eigenvalue weighted by atomic mass is 15.2. The highest BCUT2D eigenvalue weighted by molar-refractivity contribution is 4.89. The number of nitrogens with zero attached hydrogens (tertiary/aromatic N) is 1. The quantitative estimate of drug-likeness (QED) is 0.635. The molecule has 1 unspecified atom stereocenters. The van der Waals surface area contributed by atoms with Crippen LogP contribution in [0.2, 0.25) is 0 Å². The maximum Gasteiger partial charge on any atom is 0.0201 e. The lowest BCUT2D eigenvalue weighted by Gasteiger charge is -2.40. The van der Waals surface area contributed by atoms with Gasteiger partial charge in [-0.15, -0.1) is 0 Å². The minimum Gasteiger partial charge on any atom is -0.300 e. The molecule has 1 nitrogen and oxygen atoms in total. The van der Waals surface area contributed by atoms with E-state index in [4.69, 9.17) is 0 Å². The van der Waals surface area contributed by atoms with Crippen molar-refractivity contribution in [2.45, 2.75) is 58.4 Å². The SMILES string of the molecule is CCC1(CC)CCCC(C)CN1C. The molecule has 1 atom stereocenters. The standard InChI is InChI=1S/C12H25N/c1-5-12(6-2)9-7-8-11(3)10-13(12)4/h11H,5-10H2,1-4H3. The maximum absolute atomic E-state index is 2.62. The van der Waals surface area contributed by atoms with Crippen molar-refractivity contribution in [1.82, 2.24) is 4.90 Å². The Morgan fingerprint density at radius 2 is 1.92 bits per heavy atom. The average Bonchev–Trinajstić information content (AvgIpc) is 2.25. The van der Waals surface area contributed by atoms with Crippen LogP contribution in [-0.4, -0.2) is 24.0 Å². The van der Waals surface area contributed by atoms with Gasteiger partial charge in [-0.05, 0) is 38.6 Å². The summed E-state index contributed by atoms with van der Waals surface area (Å²) in [4.78, 5) is 2.62. The van der Waals surface area contributed by atoms with Gasteiger partial charge in [0.05, 0.1) is 0 Å². The Balaban J connectivity index is 2.71. The molecule has 0 N–H and O–H groups in total. The van der Waals surface area contributed by atoms with Gasteiger partial charge < -0.3 is 4.90 Å². The monoisotopic (exact) mass is 183 g/mol. The van der Waals surface area contributed by atoms with E-state index in [0.29, 0.717) is 5.54 Å². The molecule has 1 rings (SSSR count). The average molecular weight is 183 g/mol. The molecular formula is C12H25N. The fourth-order valence-electron chi connectivity index (χ4n) is 2.87.